The summed E-state index contributed by atoms with van der Waals surface area (Å²) in [4.78, 5) is 35.3. The van der Waals surface area contributed by atoms with Crippen molar-refractivity contribution in [3.05, 3.63) is 109 Å². The van der Waals surface area contributed by atoms with E-state index in [1.54, 1.807) is 0 Å². The van der Waals surface area contributed by atoms with Crippen LogP contribution in [0.25, 0.3) is 0 Å². The van der Waals surface area contributed by atoms with Crippen LogP contribution in [-0.4, -0.2) is 49.3 Å². The molecule has 0 spiro atoms. The van der Waals surface area contributed by atoms with Crippen molar-refractivity contribution in [2.45, 2.75) is 309 Å². The second-order valence-electron chi connectivity index (χ2n) is 22.3. The van der Waals surface area contributed by atoms with Gasteiger partial charge in [0, 0.05) is 19.4 Å². The molecule has 0 bridgehead atoms. The molecule has 10 heteroatoms. The number of nitrogens with two attached hydrogens (primary N) is 1. The SMILES string of the molecule is CC/C=C\C/C=C\C/C=C\C/C=C\C/C=C\C/C=C\C/C=C\C/C=C\C/C=C\CCCCCCCCCCCC(=O)OC(COC(=O)CCCCCCCCCCCCCCCCCCCCCCCCCC)COP(=O)(O)OCCN. The molecule has 0 saturated carbocycles. The summed E-state index contributed by atoms with van der Waals surface area (Å²) in [6.45, 7) is 3.66. The van der Waals surface area contributed by atoms with Gasteiger partial charge in [0.1, 0.15) is 6.61 Å². The van der Waals surface area contributed by atoms with Gasteiger partial charge in [-0.1, -0.05) is 316 Å². The zero-order valence-electron chi connectivity index (χ0n) is 52.9. The highest BCUT2D eigenvalue weighted by Gasteiger charge is 2.26. The van der Waals surface area contributed by atoms with Crippen molar-refractivity contribution in [2.75, 3.05) is 26.4 Å². The molecule has 3 N–H and O–H groups in total. The third kappa shape index (κ3) is 65.8. The van der Waals surface area contributed by atoms with Crippen LogP contribution < -0.4 is 5.73 Å². The Morgan fingerprint density at radius 3 is 1.00 bits per heavy atom. The first-order valence-electron chi connectivity index (χ1n) is 33.9. The first-order valence-corrected chi connectivity index (χ1v) is 35.4. The lowest BCUT2D eigenvalue weighted by molar-refractivity contribution is -0.161. The molecular weight excluding hydrogens is 1040 g/mol. The summed E-state index contributed by atoms with van der Waals surface area (Å²) in [5, 5.41) is 0. The van der Waals surface area contributed by atoms with E-state index in [1.807, 2.05) is 0 Å². The van der Waals surface area contributed by atoms with Crippen molar-refractivity contribution >= 4 is 19.8 Å². The number of hydrogen-bond acceptors (Lipinski definition) is 8. The zero-order valence-corrected chi connectivity index (χ0v) is 53.8. The molecule has 0 saturated heterocycles. The molecule has 2 atom stereocenters. The number of phosphoric ester groups is 1. The molecule has 9 nitrogen and oxygen atoms in total. The Morgan fingerprint density at radius 2 is 0.671 bits per heavy atom. The molecule has 0 rings (SSSR count). The molecule has 82 heavy (non-hydrogen) atoms. The first-order chi connectivity index (χ1) is 40.3. The largest absolute Gasteiger partial charge is 0.472 e. The molecule has 0 aromatic carbocycles. The van der Waals surface area contributed by atoms with Gasteiger partial charge in [-0.2, -0.15) is 0 Å². The maximum absolute atomic E-state index is 12.8. The number of allylic oxidation sites excluding steroid dienone is 18. The molecular formula is C72H126NO8P. The van der Waals surface area contributed by atoms with Crippen LogP contribution in [0, 0.1) is 0 Å². The molecule has 0 radical (unpaired) electrons. The van der Waals surface area contributed by atoms with Crippen molar-refractivity contribution in [1.29, 1.82) is 0 Å². The minimum Gasteiger partial charge on any atom is -0.462 e. The number of unbranched alkanes of at least 4 members (excludes halogenated alkanes) is 32. The predicted molar refractivity (Wildman–Crippen MR) is 353 cm³/mol. The van der Waals surface area contributed by atoms with Crippen LogP contribution in [0.4, 0.5) is 0 Å². The van der Waals surface area contributed by atoms with E-state index in [4.69, 9.17) is 24.3 Å². The third-order valence-corrected chi connectivity index (χ3v) is 15.4. The number of esters is 2. The highest BCUT2D eigenvalue weighted by Crippen LogP contribution is 2.43. The molecule has 0 heterocycles. The maximum atomic E-state index is 12.8. The molecule has 0 aromatic rings. The van der Waals surface area contributed by atoms with Crippen LogP contribution >= 0.6 is 7.82 Å². The van der Waals surface area contributed by atoms with Gasteiger partial charge in [-0.3, -0.25) is 18.6 Å². The summed E-state index contributed by atoms with van der Waals surface area (Å²) >= 11 is 0. The minimum absolute atomic E-state index is 0.0493. The number of rotatable bonds is 63. The Bertz CT molecular complexity index is 1710. The summed E-state index contributed by atoms with van der Waals surface area (Å²) in [6, 6.07) is 0. The molecule has 0 amide bonds. The molecule has 0 fully saturated rings. The molecule has 0 aliphatic carbocycles. The first kappa shape index (κ1) is 78.7. The third-order valence-electron chi connectivity index (χ3n) is 14.4. The van der Waals surface area contributed by atoms with Gasteiger partial charge >= 0.3 is 19.8 Å². The van der Waals surface area contributed by atoms with E-state index in [0.29, 0.717) is 6.42 Å². The fourth-order valence-electron chi connectivity index (χ4n) is 9.45. The van der Waals surface area contributed by atoms with Gasteiger partial charge in [0.15, 0.2) is 6.10 Å². The zero-order chi connectivity index (χ0) is 59.4. The van der Waals surface area contributed by atoms with E-state index in [0.717, 1.165) is 103 Å². The van der Waals surface area contributed by atoms with E-state index in [-0.39, 0.29) is 38.6 Å². The lowest BCUT2D eigenvalue weighted by Gasteiger charge is -2.19. The normalized spacial score (nSPS) is 13.7. The van der Waals surface area contributed by atoms with E-state index in [9.17, 15) is 19.0 Å². The number of ether oxygens (including phenoxy) is 2. The predicted octanol–water partition coefficient (Wildman–Crippen LogP) is 22.1. The standard InChI is InChI=1S/C72H126NO8P/c1-3-5-7-9-11-13-15-17-19-21-23-25-27-29-30-31-32-33-34-35-36-37-38-39-40-41-43-45-47-49-51-53-55-57-59-61-63-65-72(75)81-70(69-80-82(76,77)79-67-66-73)68-78-71(74)64-62-60-58-56-54-52-50-48-46-44-42-28-26-24-22-20-18-16-14-12-10-8-6-4-2/h5,7,11,13,17,19,23,25,29-30,32-33,35-36,38-39,41,43,70H,3-4,6,8-10,12,14-16,18,20-22,24,26-28,31,34,37,40,42,44-69,73H2,1-2H3,(H,76,77)/b7-5-,13-11-,19-17-,25-23-,30-29-,33-32-,36-35-,39-38-,43-41-. The van der Waals surface area contributed by atoms with Crippen LogP contribution in [0.1, 0.15) is 303 Å². The molecule has 0 aliphatic heterocycles. The summed E-state index contributed by atoms with van der Waals surface area (Å²) in [5.41, 5.74) is 5.40. The number of hydrogen-bond donors (Lipinski definition) is 2. The van der Waals surface area contributed by atoms with Crippen molar-refractivity contribution in [2.24, 2.45) is 5.73 Å². The average molecular weight is 1160 g/mol. The van der Waals surface area contributed by atoms with Crippen LogP contribution in [0.2, 0.25) is 0 Å². The van der Waals surface area contributed by atoms with Crippen LogP contribution in [0.15, 0.2) is 109 Å². The Kier molecular flexibility index (Phi) is 64.1. The van der Waals surface area contributed by atoms with Crippen molar-refractivity contribution in [3.63, 3.8) is 0 Å². The van der Waals surface area contributed by atoms with Crippen LogP contribution in [-0.2, 0) is 32.7 Å². The second kappa shape index (κ2) is 66.8. The Balaban J connectivity index is 3.94. The summed E-state index contributed by atoms with van der Waals surface area (Å²) in [6.07, 6.45) is 91.7. The van der Waals surface area contributed by atoms with E-state index in [1.165, 1.54) is 167 Å². The highest BCUT2D eigenvalue weighted by molar-refractivity contribution is 7.47. The van der Waals surface area contributed by atoms with Gasteiger partial charge in [0.2, 0.25) is 0 Å². The van der Waals surface area contributed by atoms with Crippen LogP contribution in [0.3, 0.4) is 0 Å². The molecule has 2 unspecified atom stereocenters. The quantitative estimate of drug-likeness (QED) is 0.0264. The Hall–Kier alpha value is -3.33. The van der Waals surface area contributed by atoms with Crippen molar-refractivity contribution in [1.82, 2.24) is 0 Å². The van der Waals surface area contributed by atoms with Crippen LogP contribution in [0.5, 0.6) is 0 Å². The van der Waals surface area contributed by atoms with E-state index < -0.39 is 26.5 Å². The van der Waals surface area contributed by atoms with Gasteiger partial charge in [-0.05, 0) is 83.5 Å². The molecule has 472 valence electrons. The smallest absolute Gasteiger partial charge is 0.462 e. The second-order valence-corrected chi connectivity index (χ2v) is 23.8. The summed E-state index contributed by atoms with van der Waals surface area (Å²) < 4.78 is 33.1. The average Bonchev–Trinajstić information content (AvgIpc) is 3.48. The lowest BCUT2D eigenvalue weighted by atomic mass is 10.0. The van der Waals surface area contributed by atoms with Gasteiger partial charge in [0.25, 0.3) is 0 Å². The lowest BCUT2D eigenvalue weighted by Crippen LogP contribution is -2.29. The maximum Gasteiger partial charge on any atom is 0.472 e. The Labute approximate surface area is 505 Å². The van der Waals surface area contributed by atoms with Gasteiger partial charge in [-0.25, -0.2) is 4.57 Å². The fraction of sp³-hybridized carbons (Fsp3) is 0.722. The van der Waals surface area contributed by atoms with Crippen molar-refractivity contribution < 1.29 is 37.6 Å². The van der Waals surface area contributed by atoms with E-state index >= 15 is 0 Å². The molecule has 0 aliphatic rings. The van der Waals surface area contributed by atoms with Crippen molar-refractivity contribution in [3.8, 4) is 0 Å². The topological polar surface area (TPSA) is 134 Å². The van der Waals surface area contributed by atoms with Gasteiger partial charge in [0.05, 0.1) is 13.2 Å². The number of carbonyl (C=O) groups excluding carboxylic acids is 2. The number of phosphoric acid groups is 1. The monoisotopic (exact) mass is 1160 g/mol. The fourth-order valence-corrected chi connectivity index (χ4v) is 10.2. The summed E-state index contributed by atoms with van der Waals surface area (Å²) in [5.74, 6) is -0.828. The van der Waals surface area contributed by atoms with Gasteiger partial charge in [-0.15, -0.1) is 0 Å². The Morgan fingerprint density at radius 1 is 0.378 bits per heavy atom. The van der Waals surface area contributed by atoms with Gasteiger partial charge < -0.3 is 20.1 Å². The number of carbonyl (C=O) groups is 2. The highest BCUT2D eigenvalue weighted by atomic mass is 31.2. The van der Waals surface area contributed by atoms with E-state index in [2.05, 4.69) is 123 Å². The summed E-state index contributed by atoms with van der Waals surface area (Å²) in [7, 11) is -4.40. The molecule has 0 aromatic heterocycles. The minimum atomic E-state index is -4.40.